The van der Waals surface area contributed by atoms with E-state index in [1.165, 1.54) is 24.3 Å². The zero-order chi connectivity index (χ0) is 8.97. The molecule has 0 aliphatic carbocycles. The highest BCUT2D eigenvalue weighted by Gasteiger charge is 2.04. The summed E-state index contributed by atoms with van der Waals surface area (Å²) in [6.07, 6.45) is 0. The molecule has 1 rings (SSSR count). The average Bonchev–Trinajstić information content (AvgIpc) is 2.06. The molecule has 0 atom stereocenters. The normalized spacial score (nSPS) is 8.69. The Morgan fingerprint density at radius 3 is 2.38 bits per heavy atom. The minimum absolute atomic E-state index is 0. The van der Waals surface area contributed by atoms with Crippen molar-refractivity contribution in [2.45, 2.75) is 6.92 Å². The lowest BCUT2D eigenvalue weighted by atomic mass is 10.2. The highest BCUT2D eigenvalue weighted by Crippen LogP contribution is 2.10. The van der Waals surface area contributed by atoms with Crippen molar-refractivity contribution in [3.8, 4) is 5.75 Å². The molecule has 0 fully saturated rings. The third-order valence-corrected chi connectivity index (χ3v) is 1.38. The van der Waals surface area contributed by atoms with Gasteiger partial charge in [-0.25, -0.2) is 4.79 Å². The van der Waals surface area contributed by atoms with Crippen LogP contribution in [0.5, 0.6) is 5.75 Å². The maximum absolute atomic E-state index is 11.1. The second kappa shape index (κ2) is 5.43. The zero-order valence-electron chi connectivity index (χ0n) is 7.19. The first-order chi connectivity index (χ1) is 5.74. The van der Waals surface area contributed by atoms with E-state index in [4.69, 9.17) is 9.84 Å². The third kappa shape index (κ3) is 3.34. The summed E-state index contributed by atoms with van der Waals surface area (Å²) in [5.74, 6) is -0.222. The van der Waals surface area contributed by atoms with Gasteiger partial charge < -0.3 is 9.84 Å². The van der Waals surface area contributed by atoms with E-state index in [2.05, 4.69) is 0 Å². The first kappa shape index (κ1) is 11.8. The Hall–Kier alpha value is -1.22. The molecule has 13 heavy (non-hydrogen) atoms. The van der Waals surface area contributed by atoms with Crippen LogP contribution in [0, 0.1) is 0 Å². The predicted molar refractivity (Wildman–Crippen MR) is 51.3 cm³/mol. The van der Waals surface area contributed by atoms with Crippen molar-refractivity contribution in [2.24, 2.45) is 0 Å². The van der Waals surface area contributed by atoms with Gasteiger partial charge in [0.05, 0.1) is 12.2 Å². The summed E-state index contributed by atoms with van der Waals surface area (Å²) >= 11 is 0. The van der Waals surface area contributed by atoms with E-state index in [1.807, 2.05) is 0 Å². The lowest BCUT2D eigenvalue weighted by molar-refractivity contribution is 0.0526. The van der Waals surface area contributed by atoms with Crippen molar-refractivity contribution in [3.63, 3.8) is 0 Å². The summed E-state index contributed by atoms with van der Waals surface area (Å²) < 4.78 is 4.75. The van der Waals surface area contributed by atoms with Crippen LogP contribution in [-0.4, -0.2) is 17.7 Å². The summed E-state index contributed by atoms with van der Waals surface area (Å²) in [4.78, 5) is 11.1. The lowest BCUT2D eigenvalue weighted by Gasteiger charge is -2.00. The minimum Gasteiger partial charge on any atom is -0.508 e. The van der Waals surface area contributed by atoms with E-state index in [0.717, 1.165) is 0 Å². The first-order valence-electron chi connectivity index (χ1n) is 3.70. The molecule has 0 unspecified atom stereocenters. The average molecular weight is 203 g/mol. The highest BCUT2D eigenvalue weighted by molar-refractivity contribution is 5.89. The van der Waals surface area contributed by atoms with Crippen molar-refractivity contribution in [1.29, 1.82) is 0 Å². The number of carbonyl (C=O) groups is 1. The first-order valence-corrected chi connectivity index (χ1v) is 3.70. The molecule has 0 amide bonds. The maximum Gasteiger partial charge on any atom is 0.338 e. The smallest absolute Gasteiger partial charge is 0.338 e. The molecule has 0 heterocycles. The molecule has 4 heteroatoms. The van der Waals surface area contributed by atoms with Gasteiger partial charge in [-0.15, -0.1) is 12.4 Å². The van der Waals surface area contributed by atoms with Crippen LogP contribution in [0.15, 0.2) is 24.3 Å². The molecule has 0 aliphatic rings. The molecule has 0 aliphatic heterocycles. The van der Waals surface area contributed by atoms with E-state index in [9.17, 15) is 4.79 Å². The molecule has 1 aromatic rings. The monoisotopic (exact) mass is 202 g/mol. The van der Waals surface area contributed by atoms with Gasteiger partial charge in [0, 0.05) is 0 Å². The number of phenolic OH excluding ortho intramolecular Hbond substituents is 1. The van der Waals surface area contributed by atoms with Crippen LogP contribution in [0.1, 0.15) is 17.3 Å². The van der Waals surface area contributed by atoms with E-state index >= 15 is 0 Å². The van der Waals surface area contributed by atoms with Gasteiger partial charge in [0.15, 0.2) is 0 Å². The van der Waals surface area contributed by atoms with E-state index < -0.39 is 0 Å². The van der Waals surface area contributed by atoms with Crippen molar-refractivity contribution in [3.05, 3.63) is 29.8 Å². The highest BCUT2D eigenvalue weighted by atomic mass is 35.5. The number of rotatable bonds is 2. The number of benzene rings is 1. The number of aromatic hydroxyl groups is 1. The van der Waals surface area contributed by atoms with Crippen LogP contribution in [0.2, 0.25) is 0 Å². The van der Waals surface area contributed by atoms with Gasteiger partial charge in [-0.05, 0) is 31.2 Å². The summed E-state index contributed by atoms with van der Waals surface area (Å²) in [5.41, 5.74) is 0.453. The minimum atomic E-state index is -0.363. The molecule has 72 valence electrons. The van der Waals surface area contributed by atoms with Crippen LogP contribution < -0.4 is 0 Å². The van der Waals surface area contributed by atoms with Gasteiger partial charge in [-0.1, -0.05) is 0 Å². The summed E-state index contributed by atoms with van der Waals surface area (Å²) in [6.45, 7) is 2.11. The van der Waals surface area contributed by atoms with Crippen molar-refractivity contribution in [2.75, 3.05) is 6.61 Å². The zero-order valence-corrected chi connectivity index (χ0v) is 8.00. The Balaban J connectivity index is 0.00000144. The summed E-state index contributed by atoms with van der Waals surface area (Å²) in [6, 6.07) is 5.94. The van der Waals surface area contributed by atoms with Crippen molar-refractivity contribution >= 4 is 18.4 Å². The topological polar surface area (TPSA) is 46.5 Å². The van der Waals surface area contributed by atoms with Crippen molar-refractivity contribution < 1.29 is 14.6 Å². The van der Waals surface area contributed by atoms with Crippen LogP contribution in [-0.2, 0) is 4.74 Å². The predicted octanol–water partition coefficient (Wildman–Crippen LogP) is 1.99. The molecule has 0 saturated carbocycles. The van der Waals surface area contributed by atoms with Gasteiger partial charge in [0.1, 0.15) is 5.75 Å². The van der Waals surface area contributed by atoms with Gasteiger partial charge in [0.2, 0.25) is 0 Å². The van der Waals surface area contributed by atoms with Gasteiger partial charge in [0.25, 0.3) is 0 Å². The Kier molecular flexibility index (Phi) is 4.92. The van der Waals surface area contributed by atoms with Crippen LogP contribution in [0.4, 0.5) is 0 Å². The largest absolute Gasteiger partial charge is 0.508 e. The summed E-state index contributed by atoms with van der Waals surface area (Å²) in [7, 11) is 0. The molecule has 0 radical (unpaired) electrons. The lowest BCUT2D eigenvalue weighted by Crippen LogP contribution is -2.03. The molecule has 0 saturated heterocycles. The molecule has 1 aromatic carbocycles. The number of phenols is 1. The molecule has 0 aromatic heterocycles. The Bertz CT molecular complexity index is 269. The molecule has 1 N–H and O–H groups in total. The second-order valence-corrected chi connectivity index (χ2v) is 2.27. The summed E-state index contributed by atoms with van der Waals surface area (Å²) in [5, 5.41) is 8.92. The van der Waals surface area contributed by atoms with Crippen LogP contribution in [0.3, 0.4) is 0 Å². The Labute approximate surface area is 82.7 Å². The third-order valence-electron chi connectivity index (χ3n) is 1.38. The van der Waals surface area contributed by atoms with Gasteiger partial charge >= 0.3 is 5.97 Å². The van der Waals surface area contributed by atoms with Gasteiger partial charge in [-0.2, -0.15) is 0 Å². The second-order valence-electron chi connectivity index (χ2n) is 2.27. The maximum atomic E-state index is 11.1. The van der Waals surface area contributed by atoms with E-state index in [-0.39, 0.29) is 24.1 Å². The number of carbonyl (C=O) groups excluding carboxylic acids is 1. The molecular formula is C9H11ClO3. The number of ether oxygens (including phenoxy) is 1. The molecule has 0 spiro atoms. The van der Waals surface area contributed by atoms with Gasteiger partial charge in [-0.3, -0.25) is 0 Å². The number of halogens is 1. The molecule has 0 bridgehead atoms. The fraction of sp³-hybridized carbons (Fsp3) is 0.222. The van der Waals surface area contributed by atoms with E-state index in [1.54, 1.807) is 6.92 Å². The fourth-order valence-electron chi connectivity index (χ4n) is 0.812. The standard InChI is InChI=1S/C9H10O3.ClH/c1-2-12-9(11)7-3-5-8(10)6-4-7;/h3-6,10H,2H2,1H3;1H. The Morgan fingerprint density at radius 2 is 1.92 bits per heavy atom. The Morgan fingerprint density at radius 1 is 1.38 bits per heavy atom. The van der Waals surface area contributed by atoms with Crippen LogP contribution >= 0.6 is 12.4 Å². The van der Waals surface area contributed by atoms with Crippen LogP contribution in [0.25, 0.3) is 0 Å². The quantitative estimate of drug-likeness (QED) is 0.747. The van der Waals surface area contributed by atoms with Crippen molar-refractivity contribution in [1.82, 2.24) is 0 Å². The number of esters is 1. The number of hydrogen-bond acceptors (Lipinski definition) is 3. The van der Waals surface area contributed by atoms with E-state index in [0.29, 0.717) is 12.2 Å². The number of hydrogen-bond donors (Lipinski definition) is 1. The fourth-order valence-corrected chi connectivity index (χ4v) is 0.812. The molecular weight excluding hydrogens is 192 g/mol. The SMILES string of the molecule is CCOC(=O)c1ccc(O)cc1.Cl. The molecule has 3 nitrogen and oxygen atoms in total.